The van der Waals surface area contributed by atoms with Crippen molar-refractivity contribution in [1.82, 2.24) is 4.90 Å². The summed E-state index contributed by atoms with van der Waals surface area (Å²) in [6, 6.07) is 3.62. The van der Waals surface area contributed by atoms with Crippen LogP contribution in [0.25, 0.3) is 0 Å². The third-order valence-corrected chi connectivity index (χ3v) is 3.49. The molecule has 0 saturated heterocycles. The summed E-state index contributed by atoms with van der Waals surface area (Å²) in [5.74, 6) is 5.73. The lowest BCUT2D eigenvalue weighted by Crippen LogP contribution is -2.25. The Balaban J connectivity index is 2.00. The van der Waals surface area contributed by atoms with Crippen LogP contribution in [0.1, 0.15) is 27.2 Å². The fourth-order valence-electron chi connectivity index (χ4n) is 1.67. The average Bonchev–Trinajstić information content (AvgIpc) is 3.09. The molecule has 0 aliphatic carbocycles. The molecule has 0 unspecified atom stereocenters. The first-order chi connectivity index (χ1) is 9.70. The van der Waals surface area contributed by atoms with Gasteiger partial charge in [0.25, 0.3) is 5.91 Å². The molecule has 1 amide bonds. The second kappa shape index (κ2) is 6.94. The molecule has 0 fully saturated rings. The van der Waals surface area contributed by atoms with Crippen molar-refractivity contribution < 1.29 is 14.3 Å². The highest BCUT2D eigenvalue weighted by Crippen LogP contribution is 2.16. The molecule has 5 heteroatoms. The van der Waals surface area contributed by atoms with E-state index < -0.39 is 0 Å². The molecule has 104 valence electrons. The zero-order valence-corrected chi connectivity index (χ0v) is 11.9. The second-order valence-corrected chi connectivity index (χ2v) is 5.18. The van der Waals surface area contributed by atoms with Gasteiger partial charge >= 0.3 is 0 Å². The van der Waals surface area contributed by atoms with E-state index in [1.54, 1.807) is 35.9 Å². The second-order valence-electron chi connectivity index (χ2n) is 4.27. The molecule has 2 rings (SSSR count). The molecule has 0 bridgehead atoms. The van der Waals surface area contributed by atoms with Gasteiger partial charge < -0.3 is 14.4 Å². The lowest BCUT2D eigenvalue weighted by molar-refractivity contribution is 0.0785. The molecule has 1 N–H and O–H groups in total. The van der Waals surface area contributed by atoms with Crippen molar-refractivity contribution in [2.75, 3.05) is 13.7 Å². The molecule has 0 aliphatic rings. The van der Waals surface area contributed by atoms with Gasteiger partial charge in [0.2, 0.25) is 0 Å². The quantitative estimate of drug-likeness (QED) is 0.879. The molecule has 4 nitrogen and oxygen atoms in total. The number of nitrogens with zero attached hydrogens (tertiary/aromatic N) is 1. The summed E-state index contributed by atoms with van der Waals surface area (Å²) < 4.78 is 4.99. The van der Waals surface area contributed by atoms with E-state index in [-0.39, 0.29) is 12.5 Å². The molecule has 0 saturated carbocycles. The van der Waals surface area contributed by atoms with Crippen LogP contribution in [0.2, 0.25) is 0 Å². The zero-order valence-electron chi connectivity index (χ0n) is 11.1. The number of furan rings is 1. The van der Waals surface area contributed by atoms with Crippen molar-refractivity contribution in [2.24, 2.45) is 0 Å². The summed E-state index contributed by atoms with van der Waals surface area (Å²) >= 11 is 1.43. The largest absolute Gasteiger partial charge is 0.472 e. The first-order valence-corrected chi connectivity index (χ1v) is 7.03. The van der Waals surface area contributed by atoms with Gasteiger partial charge in [0.15, 0.2) is 0 Å². The number of thiophene rings is 1. The number of carbonyl (C=O) groups excluding carboxylic acids is 1. The van der Waals surface area contributed by atoms with Crippen LogP contribution in [0.3, 0.4) is 0 Å². The first-order valence-electron chi connectivity index (χ1n) is 6.15. The fraction of sp³-hybridized carbons (Fsp3) is 0.267. The van der Waals surface area contributed by atoms with Gasteiger partial charge in [0, 0.05) is 31.0 Å². The summed E-state index contributed by atoms with van der Waals surface area (Å²) in [6.07, 6.45) is 3.66. The molecule has 2 aromatic rings. The van der Waals surface area contributed by atoms with Gasteiger partial charge in [-0.25, -0.2) is 0 Å². The van der Waals surface area contributed by atoms with Crippen LogP contribution in [-0.4, -0.2) is 29.6 Å². The average molecular weight is 289 g/mol. The predicted molar refractivity (Wildman–Crippen MR) is 77.4 cm³/mol. The summed E-state index contributed by atoms with van der Waals surface area (Å²) in [5.41, 5.74) is 1.59. The van der Waals surface area contributed by atoms with Gasteiger partial charge in [-0.15, -0.1) is 11.3 Å². The van der Waals surface area contributed by atoms with Gasteiger partial charge in [-0.05, 0) is 12.1 Å². The van der Waals surface area contributed by atoms with E-state index in [4.69, 9.17) is 9.52 Å². The minimum absolute atomic E-state index is 0.0438. The Kier molecular flexibility index (Phi) is 4.99. The Morgan fingerprint density at radius 2 is 2.40 bits per heavy atom. The SMILES string of the molecule is CN(Cc1ccoc1)C(=O)c1csc(C#CCCO)c1. The van der Waals surface area contributed by atoms with Crippen molar-refractivity contribution in [3.8, 4) is 11.8 Å². The van der Waals surface area contributed by atoms with Crippen LogP contribution in [0.15, 0.2) is 34.5 Å². The molecular weight excluding hydrogens is 274 g/mol. The molecule has 0 aliphatic heterocycles. The molecule has 20 heavy (non-hydrogen) atoms. The molecule has 0 aromatic carbocycles. The van der Waals surface area contributed by atoms with Crippen LogP contribution in [0.5, 0.6) is 0 Å². The standard InChI is InChI=1S/C15H15NO3S/c1-16(9-12-5-7-19-10-12)15(18)13-8-14(20-11-13)4-2-3-6-17/h5,7-8,10-11,17H,3,6,9H2,1H3. The summed E-state index contributed by atoms with van der Waals surface area (Å²) in [5, 5.41) is 10.5. The third kappa shape index (κ3) is 3.73. The Morgan fingerprint density at radius 3 is 3.10 bits per heavy atom. The Morgan fingerprint density at radius 1 is 1.55 bits per heavy atom. The molecule has 0 spiro atoms. The van der Waals surface area contributed by atoms with Gasteiger partial charge in [-0.3, -0.25) is 4.79 Å². The molecule has 2 heterocycles. The number of amides is 1. The molecule has 0 radical (unpaired) electrons. The number of carbonyl (C=O) groups is 1. The Labute approximate surface area is 121 Å². The molecule has 0 atom stereocenters. The first kappa shape index (κ1) is 14.4. The highest BCUT2D eigenvalue weighted by Gasteiger charge is 2.14. The van der Waals surface area contributed by atoms with Crippen LogP contribution in [-0.2, 0) is 6.54 Å². The van der Waals surface area contributed by atoms with Crippen molar-refractivity contribution in [3.05, 3.63) is 46.0 Å². The lowest BCUT2D eigenvalue weighted by atomic mass is 10.2. The van der Waals surface area contributed by atoms with Crippen LogP contribution < -0.4 is 0 Å². The van der Waals surface area contributed by atoms with E-state index >= 15 is 0 Å². The van der Waals surface area contributed by atoms with E-state index in [1.807, 2.05) is 6.07 Å². The van der Waals surface area contributed by atoms with Crippen LogP contribution >= 0.6 is 11.3 Å². The summed E-state index contributed by atoms with van der Waals surface area (Å²) in [7, 11) is 1.75. The number of hydrogen-bond acceptors (Lipinski definition) is 4. The van der Waals surface area contributed by atoms with Gasteiger partial charge in [-0.2, -0.15) is 0 Å². The summed E-state index contributed by atoms with van der Waals surface area (Å²) in [4.78, 5) is 14.7. The number of aliphatic hydroxyl groups excluding tert-OH is 1. The van der Waals surface area contributed by atoms with E-state index in [2.05, 4.69) is 11.8 Å². The fourth-order valence-corrected chi connectivity index (χ4v) is 2.42. The van der Waals surface area contributed by atoms with E-state index in [0.29, 0.717) is 18.5 Å². The minimum atomic E-state index is -0.0438. The van der Waals surface area contributed by atoms with E-state index in [0.717, 1.165) is 10.4 Å². The maximum Gasteiger partial charge on any atom is 0.254 e. The van der Waals surface area contributed by atoms with Crippen LogP contribution in [0, 0.1) is 11.8 Å². The van der Waals surface area contributed by atoms with Crippen LogP contribution in [0.4, 0.5) is 0 Å². The maximum atomic E-state index is 12.2. The van der Waals surface area contributed by atoms with Gasteiger partial charge in [0.1, 0.15) is 0 Å². The number of hydrogen-bond donors (Lipinski definition) is 1. The Hall–Kier alpha value is -2.03. The Bertz CT molecular complexity index is 619. The highest BCUT2D eigenvalue weighted by atomic mass is 32.1. The predicted octanol–water partition coefficient (Wildman–Crippen LogP) is 2.35. The number of rotatable bonds is 4. The summed E-state index contributed by atoms with van der Waals surface area (Å²) in [6.45, 7) is 0.564. The lowest BCUT2D eigenvalue weighted by Gasteiger charge is -2.14. The van der Waals surface area contributed by atoms with E-state index in [9.17, 15) is 4.79 Å². The van der Waals surface area contributed by atoms with E-state index in [1.165, 1.54) is 11.3 Å². The third-order valence-electron chi connectivity index (χ3n) is 2.64. The topological polar surface area (TPSA) is 53.7 Å². The molecular formula is C15H15NO3S. The highest BCUT2D eigenvalue weighted by molar-refractivity contribution is 7.10. The van der Waals surface area contributed by atoms with Crippen molar-refractivity contribution in [3.63, 3.8) is 0 Å². The monoisotopic (exact) mass is 289 g/mol. The van der Waals surface area contributed by atoms with Gasteiger partial charge in [0.05, 0.1) is 29.6 Å². The smallest absolute Gasteiger partial charge is 0.254 e. The van der Waals surface area contributed by atoms with Crippen molar-refractivity contribution in [1.29, 1.82) is 0 Å². The van der Waals surface area contributed by atoms with Gasteiger partial charge in [-0.1, -0.05) is 11.8 Å². The van der Waals surface area contributed by atoms with Crippen molar-refractivity contribution in [2.45, 2.75) is 13.0 Å². The van der Waals surface area contributed by atoms with Crippen molar-refractivity contribution >= 4 is 17.2 Å². The normalized spacial score (nSPS) is 9.90. The minimum Gasteiger partial charge on any atom is -0.472 e. The molecule has 2 aromatic heterocycles. The number of aliphatic hydroxyl groups is 1. The zero-order chi connectivity index (χ0) is 14.4. The maximum absolute atomic E-state index is 12.2.